The molecule has 0 aliphatic carbocycles. The molecule has 0 bridgehead atoms. The predicted octanol–water partition coefficient (Wildman–Crippen LogP) is 2.47. The lowest BCUT2D eigenvalue weighted by Gasteiger charge is -2.26. The normalized spacial score (nSPS) is 17.1. The SMILES string of the molecule is COc1cccc2c1OCC(Cc1ccnc(N)c1)C2. The first-order valence-electron chi connectivity index (χ1n) is 6.75. The van der Waals surface area contributed by atoms with Crippen LogP contribution in [0.2, 0.25) is 0 Å². The number of ether oxygens (including phenoxy) is 2. The van der Waals surface area contributed by atoms with Crippen molar-refractivity contribution in [2.24, 2.45) is 5.92 Å². The van der Waals surface area contributed by atoms with Crippen LogP contribution in [0.3, 0.4) is 0 Å². The molecule has 0 spiro atoms. The van der Waals surface area contributed by atoms with Gasteiger partial charge in [0.05, 0.1) is 13.7 Å². The lowest BCUT2D eigenvalue weighted by molar-refractivity contribution is 0.211. The fraction of sp³-hybridized carbons (Fsp3) is 0.312. The average molecular weight is 270 g/mol. The predicted molar refractivity (Wildman–Crippen MR) is 78.0 cm³/mol. The average Bonchev–Trinajstić information content (AvgIpc) is 2.46. The summed E-state index contributed by atoms with van der Waals surface area (Å²) < 4.78 is 11.2. The molecular formula is C16H18N2O2. The first-order chi connectivity index (χ1) is 9.76. The fourth-order valence-corrected chi connectivity index (χ4v) is 2.70. The third-order valence-electron chi connectivity index (χ3n) is 3.62. The van der Waals surface area contributed by atoms with Crippen molar-refractivity contribution in [1.82, 2.24) is 4.98 Å². The summed E-state index contributed by atoms with van der Waals surface area (Å²) in [5, 5.41) is 0. The molecule has 0 saturated heterocycles. The van der Waals surface area contributed by atoms with E-state index < -0.39 is 0 Å². The Morgan fingerprint density at radius 3 is 3.10 bits per heavy atom. The molecule has 0 fully saturated rings. The molecule has 4 heteroatoms. The van der Waals surface area contributed by atoms with Crippen molar-refractivity contribution in [3.05, 3.63) is 47.7 Å². The molecule has 1 unspecified atom stereocenters. The van der Waals surface area contributed by atoms with Gasteiger partial charge in [-0.2, -0.15) is 0 Å². The van der Waals surface area contributed by atoms with Crippen LogP contribution >= 0.6 is 0 Å². The van der Waals surface area contributed by atoms with E-state index in [9.17, 15) is 0 Å². The van der Waals surface area contributed by atoms with Gasteiger partial charge < -0.3 is 15.2 Å². The van der Waals surface area contributed by atoms with Crippen LogP contribution in [0, 0.1) is 5.92 Å². The van der Waals surface area contributed by atoms with Gasteiger partial charge in [-0.15, -0.1) is 0 Å². The van der Waals surface area contributed by atoms with E-state index in [1.165, 1.54) is 11.1 Å². The van der Waals surface area contributed by atoms with E-state index in [-0.39, 0.29) is 0 Å². The minimum atomic E-state index is 0.455. The first kappa shape index (κ1) is 12.8. The molecule has 4 nitrogen and oxygen atoms in total. The number of benzene rings is 1. The van der Waals surface area contributed by atoms with Crippen LogP contribution in [0.4, 0.5) is 5.82 Å². The van der Waals surface area contributed by atoms with Crippen LogP contribution in [-0.4, -0.2) is 18.7 Å². The van der Waals surface area contributed by atoms with E-state index in [1.54, 1.807) is 13.3 Å². The number of hydrogen-bond donors (Lipinski definition) is 1. The van der Waals surface area contributed by atoms with E-state index >= 15 is 0 Å². The third-order valence-corrected chi connectivity index (χ3v) is 3.62. The van der Waals surface area contributed by atoms with E-state index in [1.807, 2.05) is 24.3 Å². The number of anilines is 1. The largest absolute Gasteiger partial charge is 0.493 e. The van der Waals surface area contributed by atoms with Crippen LogP contribution in [-0.2, 0) is 12.8 Å². The second-order valence-electron chi connectivity index (χ2n) is 5.12. The highest BCUT2D eigenvalue weighted by Crippen LogP contribution is 2.36. The summed E-state index contributed by atoms with van der Waals surface area (Å²) in [6.45, 7) is 0.704. The quantitative estimate of drug-likeness (QED) is 0.930. The number of methoxy groups -OCH3 is 1. The van der Waals surface area contributed by atoms with Gasteiger partial charge in [0, 0.05) is 12.1 Å². The van der Waals surface area contributed by atoms with Crippen molar-refractivity contribution >= 4 is 5.82 Å². The minimum Gasteiger partial charge on any atom is -0.493 e. The van der Waals surface area contributed by atoms with Crippen molar-refractivity contribution in [2.45, 2.75) is 12.8 Å². The maximum absolute atomic E-state index is 5.89. The zero-order valence-corrected chi connectivity index (χ0v) is 11.5. The number of nitrogens with two attached hydrogens (primary N) is 1. The van der Waals surface area contributed by atoms with Crippen LogP contribution < -0.4 is 15.2 Å². The summed E-state index contributed by atoms with van der Waals surface area (Å²) in [5.41, 5.74) is 8.14. The molecule has 3 rings (SSSR count). The van der Waals surface area contributed by atoms with Crippen molar-refractivity contribution in [2.75, 3.05) is 19.5 Å². The number of nitrogens with zero attached hydrogens (tertiary/aromatic N) is 1. The first-order valence-corrected chi connectivity index (χ1v) is 6.75. The third kappa shape index (κ3) is 2.54. The summed E-state index contributed by atoms with van der Waals surface area (Å²) in [6, 6.07) is 9.99. The van der Waals surface area contributed by atoms with E-state index in [2.05, 4.69) is 11.1 Å². The second kappa shape index (κ2) is 5.41. The Kier molecular flexibility index (Phi) is 3.46. The molecule has 2 aromatic rings. The number of nitrogen functional groups attached to an aromatic ring is 1. The molecule has 0 saturated carbocycles. The highest BCUT2D eigenvalue weighted by molar-refractivity contribution is 5.48. The summed E-state index contributed by atoms with van der Waals surface area (Å²) in [7, 11) is 1.67. The van der Waals surface area contributed by atoms with Crippen LogP contribution in [0.1, 0.15) is 11.1 Å². The molecule has 2 heterocycles. The van der Waals surface area contributed by atoms with E-state index in [0.717, 1.165) is 24.3 Å². The monoisotopic (exact) mass is 270 g/mol. The number of fused-ring (bicyclic) bond motifs is 1. The summed E-state index contributed by atoms with van der Waals surface area (Å²) in [6.07, 6.45) is 3.70. The van der Waals surface area contributed by atoms with Crippen molar-refractivity contribution in [3.63, 3.8) is 0 Å². The van der Waals surface area contributed by atoms with Crippen LogP contribution in [0.25, 0.3) is 0 Å². The van der Waals surface area contributed by atoms with Crippen LogP contribution in [0.15, 0.2) is 36.5 Å². The maximum atomic E-state index is 5.89. The topological polar surface area (TPSA) is 57.4 Å². The molecule has 2 N–H and O–H groups in total. The van der Waals surface area contributed by atoms with Crippen molar-refractivity contribution in [3.8, 4) is 11.5 Å². The number of pyridine rings is 1. The Labute approximate surface area is 118 Å². The molecule has 1 atom stereocenters. The Hall–Kier alpha value is -2.23. The molecule has 20 heavy (non-hydrogen) atoms. The zero-order chi connectivity index (χ0) is 13.9. The molecular weight excluding hydrogens is 252 g/mol. The molecule has 104 valence electrons. The van der Waals surface area contributed by atoms with E-state index in [4.69, 9.17) is 15.2 Å². The number of aromatic nitrogens is 1. The Morgan fingerprint density at radius 1 is 1.40 bits per heavy atom. The number of para-hydroxylation sites is 1. The highest BCUT2D eigenvalue weighted by Gasteiger charge is 2.22. The van der Waals surface area contributed by atoms with Gasteiger partial charge in [0.1, 0.15) is 5.82 Å². The zero-order valence-electron chi connectivity index (χ0n) is 11.5. The van der Waals surface area contributed by atoms with Gasteiger partial charge in [-0.05, 0) is 42.2 Å². The highest BCUT2D eigenvalue weighted by atomic mass is 16.5. The molecule has 1 aromatic heterocycles. The molecule has 1 aliphatic heterocycles. The van der Waals surface area contributed by atoms with Gasteiger partial charge in [-0.25, -0.2) is 4.98 Å². The van der Waals surface area contributed by atoms with Gasteiger partial charge in [0.15, 0.2) is 11.5 Å². The molecule has 0 amide bonds. The molecule has 1 aromatic carbocycles. The van der Waals surface area contributed by atoms with Gasteiger partial charge >= 0.3 is 0 Å². The van der Waals surface area contributed by atoms with Gasteiger partial charge in [0.25, 0.3) is 0 Å². The summed E-state index contributed by atoms with van der Waals surface area (Å²) in [5.74, 6) is 2.73. The van der Waals surface area contributed by atoms with Crippen molar-refractivity contribution < 1.29 is 9.47 Å². The molecule has 0 radical (unpaired) electrons. The lowest BCUT2D eigenvalue weighted by Crippen LogP contribution is -2.23. The smallest absolute Gasteiger partial charge is 0.164 e. The second-order valence-corrected chi connectivity index (χ2v) is 5.12. The standard InChI is InChI=1S/C16H18N2O2/c1-19-14-4-2-3-13-8-12(10-20-16(13)14)7-11-5-6-18-15(17)9-11/h2-6,9,12H,7-8,10H2,1H3,(H2,17,18). The number of rotatable bonds is 3. The Morgan fingerprint density at radius 2 is 2.30 bits per heavy atom. The van der Waals surface area contributed by atoms with Gasteiger partial charge in [0.2, 0.25) is 0 Å². The Balaban J connectivity index is 1.76. The minimum absolute atomic E-state index is 0.455. The van der Waals surface area contributed by atoms with Gasteiger partial charge in [-0.3, -0.25) is 0 Å². The Bertz CT molecular complexity index is 613. The maximum Gasteiger partial charge on any atom is 0.164 e. The molecule has 1 aliphatic rings. The van der Waals surface area contributed by atoms with Gasteiger partial charge in [-0.1, -0.05) is 12.1 Å². The number of hydrogen-bond acceptors (Lipinski definition) is 4. The lowest BCUT2D eigenvalue weighted by atomic mass is 9.91. The van der Waals surface area contributed by atoms with Crippen LogP contribution in [0.5, 0.6) is 11.5 Å². The van der Waals surface area contributed by atoms with Crippen molar-refractivity contribution in [1.29, 1.82) is 0 Å². The fourth-order valence-electron chi connectivity index (χ4n) is 2.70. The summed E-state index contributed by atoms with van der Waals surface area (Å²) >= 11 is 0. The van der Waals surface area contributed by atoms with E-state index in [0.29, 0.717) is 18.3 Å². The summed E-state index contributed by atoms with van der Waals surface area (Å²) in [4.78, 5) is 4.02.